The minimum absolute atomic E-state index is 0.0605. The second kappa shape index (κ2) is 6.84. The molecule has 7 heteroatoms. The van der Waals surface area contributed by atoms with Crippen LogP contribution in [0.3, 0.4) is 0 Å². The molecule has 0 spiro atoms. The summed E-state index contributed by atoms with van der Waals surface area (Å²) in [6.45, 7) is 4.48. The van der Waals surface area contributed by atoms with Crippen LogP contribution in [0.4, 0.5) is 0 Å². The van der Waals surface area contributed by atoms with Gasteiger partial charge in [-0.3, -0.25) is 9.20 Å². The average molecular weight is 366 g/mol. The van der Waals surface area contributed by atoms with Gasteiger partial charge in [-0.2, -0.15) is 0 Å². The third-order valence-electron chi connectivity index (χ3n) is 4.03. The van der Waals surface area contributed by atoms with E-state index in [9.17, 15) is 4.79 Å². The lowest BCUT2D eigenvalue weighted by molar-refractivity contribution is 0.340. The molecule has 0 aliphatic rings. The Morgan fingerprint density at radius 2 is 2.08 bits per heavy atom. The molecule has 0 saturated carbocycles. The third-order valence-corrected chi connectivity index (χ3v) is 4.94. The maximum absolute atomic E-state index is 12.3. The van der Waals surface area contributed by atoms with Crippen LogP contribution in [0.1, 0.15) is 18.3 Å². The number of aryl methyl sites for hydroxylation is 1. The van der Waals surface area contributed by atoms with Crippen LogP contribution in [0.5, 0.6) is 5.75 Å². The number of nitrogens with one attached hydrogen (secondary N) is 1. The fourth-order valence-electron chi connectivity index (χ4n) is 2.87. The monoisotopic (exact) mass is 366 g/mol. The molecule has 0 amide bonds. The first-order chi connectivity index (χ1) is 12.6. The molecule has 0 aliphatic carbocycles. The van der Waals surface area contributed by atoms with Crippen molar-refractivity contribution in [2.24, 2.45) is 0 Å². The maximum Gasteiger partial charge on any atom is 0.258 e. The molecule has 0 atom stereocenters. The van der Waals surface area contributed by atoms with Gasteiger partial charge in [-0.1, -0.05) is 17.8 Å². The largest absolute Gasteiger partial charge is 0.494 e. The number of ether oxygens (including phenoxy) is 1. The van der Waals surface area contributed by atoms with Crippen molar-refractivity contribution < 1.29 is 4.74 Å². The van der Waals surface area contributed by atoms with E-state index in [1.54, 1.807) is 10.5 Å². The molecule has 132 valence electrons. The van der Waals surface area contributed by atoms with Crippen molar-refractivity contribution >= 4 is 28.4 Å². The normalized spacial score (nSPS) is 11.3. The van der Waals surface area contributed by atoms with Crippen molar-refractivity contribution in [1.29, 1.82) is 0 Å². The Labute approximate surface area is 154 Å². The highest BCUT2D eigenvalue weighted by Gasteiger charge is 2.08. The standard InChI is InChI=1S/C19H18N4O2S/c1-3-25-14-7-8-15-16(10-14)22-19(21-15)26-11-13-9-18(24)23-12(2)5-4-6-17(23)20-13/h4-10H,3,11H2,1-2H3,(H,21,22). The Kier molecular flexibility index (Phi) is 4.38. The summed E-state index contributed by atoms with van der Waals surface area (Å²) in [6, 6.07) is 13.0. The highest BCUT2D eigenvalue weighted by Crippen LogP contribution is 2.25. The van der Waals surface area contributed by atoms with E-state index in [4.69, 9.17) is 4.74 Å². The quantitative estimate of drug-likeness (QED) is 0.547. The van der Waals surface area contributed by atoms with Crippen LogP contribution in [0, 0.1) is 6.92 Å². The predicted molar refractivity (Wildman–Crippen MR) is 103 cm³/mol. The maximum atomic E-state index is 12.3. The Hall–Kier alpha value is -2.80. The van der Waals surface area contributed by atoms with Crippen LogP contribution >= 0.6 is 11.8 Å². The molecule has 26 heavy (non-hydrogen) atoms. The zero-order valence-electron chi connectivity index (χ0n) is 14.5. The van der Waals surface area contributed by atoms with Crippen molar-refractivity contribution in [2.75, 3.05) is 6.61 Å². The summed E-state index contributed by atoms with van der Waals surface area (Å²) in [5.41, 5.74) is 4.04. The van der Waals surface area contributed by atoms with Crippen molar-refractivity contribution in [3.8, 4) is 5.75 Å². The first-order valence-corrected chi connectivity index (χ1v) is 9.36. The van der Waals surface area contributed by atoms with Gasteiger partial charge in [0.25, 0.3) is 5.56 Å². The summed E-state index contributed by atoms with van der Waals surface area (Å²) in [5, 5.41) is 0.792. The molecule has 0 saturated heterocycles. The molecule has 0 bridgehead atoms. The first kappa shape index (κ1) is 16.7. The van der Waals surface area contributed by atoms with Crippen LogP contribution in [0.15, 0.2) is 52.4 Å². The van der Waals surface area contributed by atoms with Crippen LogP contribution < -0.4 is 10.3 Å². The molecule has 1 aromatic carbocycles. The van der Waals surface area contributed by atoms with Crippen LogP contribution in [-0.4, -0.2) is 26.0 Å². The predicted octanol–water partition coefficient (Wildman–Crippen LogP) is 3.57. The first-order valence-electron chi connectivity index (χ1n) is 8.38. The smallest absolute Gasteiger partial charge is 0.258 e. The molecule has 0 radical (unpaired) electrons. The number of aromatic amines is 1. The van der Waals surface area contributed by atoms with Gasteiger partial charge in [0, 0.05) is 23.6 Å². The number of fused-ring (bicyclic) bond motifs is 2. The summed E-state index contributed by atoms with van der Waals surface area (Å²) in [5.74, 6) is 1.39. The van der Waals surface area contributed by atoms with Gasteiger partial charge in [0.05, 0.1) is 23.3 Å². The van der Waals surface area contributed by atoms with Crippen LogP contribution in [0.25, 0.3) is 16.7 Å². The molecule has 4 aromatic rings. The molecule has 4 rings (SSSR count). The molecule has 0 unspecified atom stereocenters. The van der Waals surface area contributed by atoms with E-state index in [1.807, 2.05) is 50.2 Å². The summed E-state index contributed by atoms with van der Waals surface area (Å²) in [7, 11) is 0. The minimum atomic E-state index is -0.0605. The van der Waals surface area contributed by atoms with E-state index in [0.29, 0.717) is 18.0 Å². The summed E-state index contributed by atoms with van der Waals surface area (Å²) >= 11 is 1.52. The highest BCUT2D eigenvalue weighted by atomic mass is 32.2. The lowest BCUT2D eigenvalue weighted by Crippen LogP contribution is -2.17. The van der Waals surface area contributed by atoms with Crippen molar-refractivity contribution in [1.82, 2.24) is 19.4 Å². The lowest BCUT2D eigenvalue weighted by Gasteiger charge is -2.05. The van der Waals surface area contributed by atoms with E-state index in [1.165, 1.54) is 11.8 Å². The second-order valence-electron chi connectivity index (χ2n) is 5.89. The summed E-state index contributed by atoms with van der Waals surface area (Å²) in [6.07, 6.45) is 0. The molecular weight excluding hydrogens is 348 g/mol. The van der Waals surface area contributed by atoms with Crippen molar-refractivity contribution in [2.45, 2.75) is 24.8 Å². The fourth-order valence-corrected chi connectivity index (χ4v) is 3.65. The summed E-state index contributed by atoms with van der Waals surface area (Å²) in [4.78, 5) is 24.8. The van der Waals surface area contributed by atoms with Gasteiger partial charge < -0.3 is 9.72 Å². The second-order valence-corrected chi connectivity index (χ2v) is 6.85. The zero-order chi connectivity index (χ0) is 18.1. The number of H-pyrrole nitrogens is 1. The number of thioether (sulfide) groups is 1. The number of rotatable bonds is 5. The Balaban J connectivity index is 1.58. The number of hydrogen-bond donors (Lipinski definition) is 1. The topological polar surface area (TPSA) is 72.3 Å². The molecular formula is C19H18N4O2S. The molecule has 1 N–H and O–H groups in total. The summed E-state index contributed by atoms with van der Waals surface area (Å²) < 4.78 is 7.13. The number of imidazole rings is 1. The van der Waals surface area contributed by atoms with Crippen molar-refractivity contribution in [3.05, 3.63) is 64.2 Å². The number of hydrogen-bond acceptors (Lipinski definition) is 5. The van der Waals surface area contributed by atoms with Crippen LogP contribution in [-0.2, 0) is 5.75 Å². The minimum Gasteiger partial charge on any atom is -0.494 e. The van der Waals surface area contributed by atoms with Crippen molar-refractivity contribution in [3.63, 3.8) is 0 Å². The SMILES string of the molecule is CCOc1ccc2nc(SCc3cc(=O)n4c(C)cccc4n3)[nH]c2c1. The van der Waals surface area contributed by atoms with Gasteiger partial charge in [0.15, 0.2) is 5.16 Å². The van der Waals surface area contributed by atoms with E-state index < -0.39 is 0 Å². The van der Waals surface area contributed by atoms with Gasteiger partial charge in [0.1, 0.15) is 11.4 Å². The number of benzene rings is 1. The Morgan fingerprint density at radius 1 is 1.19 bits per heavy atom. The van der Waals surface area contributed by atoms with Gasteiger partial charge >= 0.3 is 0 Å². The van der Waals surface area contributed by atoms with E-state index >= 15 is 0 Å². The molecule has 6 nitrogen and oxygen atoms in total. The van der Waals surface area contributed by atoms with E-state index in [0.717, 1.165) is 33.3 Å². The Morgan fingerprint density at radius 3 is 2.92 bits per heavy atom. The third kappa shape index (κ3) is 3.17. The average Bonchev–Trinajstić information content (AvgIpc) is 3.02. The van der Waals surface area contributed by atoms with Gasteiger partial charge in [0.2, 0.25) is 0 Å². The van der Waals surface area contributed by atoms with Gasteiger partial charge in [-0.15, -0.1) is 0 Å². The van der Waals surface area contributed by atoms with E-state index in [2.05, 4.69) is 15.0 Å². The number of aromatic nitrogens is 4. The molecule has 3 heterocycles. The van der Waals surface area contributed by atoms with E-state index in [-0.39, 0.29) is 5.56 Å². The number of pyridine rings is 1. The fraction of sp³-hybridized carbons (Fsp3) is 0.211. The lowest BCUT2D eigenvalue weighted by atomic mass is 10.3. The molecule has 0 aliphatic heterocycles. The Bertz CT molecular complexity index is 1150. The van der Waals surface area contributed by atoms with Gasteiger partial charge in [-0.25, -0.2) is 9.97 Å². The van der Waals surface area contributed by atoms with Crippen LogP contribution in [0.2, 0.25) is 0 Å². The molecule has 3 aromatic heterocycles. The molecule has 0 fully saturated rings. The van der Waals surface area contributed by atoms with Gasteiger partial charge in [-0.05, 0) is 38.1 Å². The zero-order valence-corrected chi connectivity index (χ0v) is 15.3. The number of nitrogens with zero attached hydrogens (tertiary/aromatic N) is 3. The highest BCUT2D eigenvalue weighted by molar-refractivity contribution is 7.98.